The third kappa shape index (κ3) is 1.96. The van der Waals surface area contributed by atoms with Crippen LogP contribution in [0, 0.1) is 0 Å². The first-order chi connectivity index (χ1) is 8.22. The van der Waals surface area contributed by atoms with Crippen LogP contribution in [0.5, 0.6) is 0 Å². The number of anilines is 1. The third-order valence-corrected chi connectivity index (χ3v) is 3.67. The second-order valence-electron chi connectivity index (χ2n) is 3.23. The molecule has 0 spiro atoms. The van der Waals surface area contributed by atoms with Crippen molar-refractivity contribution in [3.05, 3.63) is 22.0 Å². The summed E-state index contributed by atoms with van der Waals surface area (Å²) >= 11 is 4.92. The fraction of sp³-hybridized carbons (Fsp3) is 0. The summed E-state index contributed by atoms with van der Waals surface area (Å²) in [5.41, 5.74) is 6.11. The van der Waals surface area contributed by atoms with Crippen molar-refractivity contribution < 1.29 is 4.52 Å². The minimum absolute atomic E-state index is 0.369. The minimum atomic E-state index is 0.369. The number of halogens is 1. The Balaban J connectivity index is 1.98. The van der Waals surface area contributed by atoms with Crippen molar-refractivity contribution in [3.8, 4) is 22.3 Å². The summed E-state index contributed by atoms with van der Waals surface area (Å²) in [7, 11) is 0. The number of hydrogen-bond donors (Lipinski definition) is 2. The first kappa shape index (κ1) is 10.5. The molecule has 0 fully saturated rings. The van der Waals surface area contributed by atoms with E-state index < -0.39 is 0 Å². The topological polar surface area (TPSA) is 93.6 Å². The van der Waals surface area contributed by atoms with E-state index in [1.54, 1.807) is 6.07 Å². The molecule has 17 heavy (non-hydrogen) atoms. The van der Waals surface area contributed by atoms with Gasteiger partial charge in [0.1, 0.15) is 11.5 Å². The molecular formula is C9H6BrN5OS. The smallest absolute Gasteiger partial charge is 0.276 e. The lowest BCUT2D eigenvalue weighted by Gasteiger charge is -1.83. The highest BCUT2D eigenvalue weighted by molar-refractivity contribution is 9.11. The van der Waals surface area contributed by atoms with Gasteiger partial charge in [0.05, 0.1) is 8.66 Å². The van der Waals surface area contributed by atoms with Crippen molar-refractivity contribution in [3.63, 3.8) is 0 Å². The molecule has 86 valence electrons. The first-order valence-corrected chi connectivity index (χ1v) is 6.24. The molecule has 0 aliphatic carbocycles. The van der Waals surface area contributed by atoms with Gasteiger partial charge in [0.25, 0.3) is 5.89 Å². The molecule has 0 amide bonds. The van der Waals surface area contributed by atoms with Gasteiger partial charge in [-0.15, -0.1) is 11.3 Å². The Morgan fingerprint density at radius 3 is 2.94 bits per heavy atom. The largest absolute Gasteiger partial charge is 0.382 e. The maximum Gasteiger partial charge on any atom is 0.276 e. The molecule has 8 heteroatoms. The summed E-state index contributed by atoms with van der Waals surface area (Å²) < 4.78 is 6.15. The molecule has 0 bridgehead atoms. The van der Waals surface area contributed by atoms with Gasteiger partial charge in [0, 0.05) is 6.07 Å². The monoisotopic (exact) mass is 311 g/mol. The second kappa shape index (κ2) is 3.97. The van der Waals surface area contributed by atoms with Gasteiger partial charge in [-0.2, -0.15) is 10.1 Å². The van der Waals surface area contributed by atoms with Crippen LogP contribution in [0.15, 0.2) is 26.5 Å². The number of aromatic nitrogens is 4. The van der Waals surface area contributed by atoms with Crippen LogP contribution in [0.1, 0.15) is 0 Å². The molecular weight excluding hydrogens is 306 g/mol. The fourth-order valence-corrected chi connectivity index (χ4v) is 2.63. The van der Waals surface area contributed by atoms with Gasteiger partial charge in [0.2, 0.25) is 5.82 Å². The van der Waals surface area contributed by atoms with Crippen LogP contribution < -0.4 is 5.73 Å². The first-order valence-electron chi connectivity index (χ1n) is 4.63. The maximum absolute atomic E-state index is 5.50. The van der Waals surface area contributed by atoms with E-state index in [-0.39, 0.29) is 0 Å². The van der Waals surface area contributed by atoms with Crippen LogP contribution in [0.25, 0.3) is 22.3 Å². The van der Waals surface area contributed by atoms with Gasteiger partial charge < -0.3 is 10.3 Å². The summed E-state index contributed by atoms with van der Waals surface area (Å²) in [5, 5.41) is 10.4. The van der Waals surface area contributed by atoms with E-state index >= 15 is 0 Å². The lowest BCUT2D eigenvalue weighted by atomic mass is 10.4. The van der Waals surface area contributed by atoms with Crippen molar-refractivity contribution in [2.45, 2.75) is 0 Å². The number of nitrogens with zero attached hydrogens (tertiary/aromatic N) is 3. The molecule has 6 nitrogen and oxygen atoms in total. The van der Waals surface area contributed by atoms with E-state index in [2.05, 4.69) is 36.3 Å². The van der Waals surface area contributed by atoms with Gasteiger partial charge in [-0.3, -0.25) is 5.10 Å². The fourth-order valence-electron chi connectivity index (χ4n) is 1.31. The van der Waals surface area contributed by atoms with Gasteiger partial charge in [0.15, 0.2) is 0 Å². The van der Waals surface area contributed by atoms with Crippen LogP contribution in [-0.2, 0) is 0 Å². The average Bonchev–Trinajstić information content (AvgIpc) is 2.96. The molecule has 3 N–H and O–H groups in total. The molecule has 3 aromatic heterocycles. The van der Waals surface area contributed by atoms with Gasteiger partial charge >= 0.3 is 0 Å². The normalized spacial score (nSPS) is 10.9. The zero-order valence-electron chi connectivity index (χ0n) is 8.35. The molecule has 0 atom stereocenters. The minimum Gasteiger partial charge on any atom is -0.382 e. The van der Waals surface area contributed by atoms with E-state index in [0.717, 1.165) is 8.66 Å². The summed E-state index contributed by atoms with van der Waals surface area (Å²) in [6.45, 7) is 0. The Kier molecular flexibility index (Phi) is 2.45. The Labute approximate surface area is 108 Å². The maximum atomic E-state index is 5.50. The average molecular weight is 312 g/mol. The van der Waals surface area contributed by atoms with Crippen molar-refractivity contribution in [2.24, 2.45) is 0 Å². The SMILES string of the molecule is Nc1cc(-c2nc(-c3ccc(Br)s3)no2)[nH]n1. The Hall–Kier alpha value is -1.67. The van der Waals surface area contributed by atoms with Crippen molar-refractivity contribution in [2.75, 3.05) is 5.73 Å². The van der Waals surface area contributed by atoms with Crippen LogP contribution in [0.3, 0.4) is 0 Å². The standard InChI is InChI=1S/C9H6BrN5OS/c10-6-2-1-5(17-6)8-12-9(16-15-8)4-3-7(11)14-13-4/h1-3H,(H3,11,13,14). The number of nitrogen functional groups attached to an aromatic ring is 1. The van der Waals surface area contributed by atoms with E-state index in [9.17, 15) is 0 Å². The lowest BCUT2D eigenvalue weighted by molar-refractivity contribution is 0.431. The Morgan fingerprint density at radius 2 is 2.29 bits per heavy atom. The molecule has 0 radical (unpaired) electrons. The van der Waals surface area contributed by atoms with Gasteiger partial charge in [-0.25, -0.2) is 0 Å². The highest BCUT2D eigenvalue weighted by atomic mass is 79.9. The molecule has 3 aromatic rings. The summed E-state index contributed by atoms with van der Waals surface area (Å²) in [4.78, 5) is 5.19. The predicted octanol–water partition coefficient (Wildman–Crippen LogP) is 2.53. The number of nitrogens with one attached hydrogen (secondary N) is 1. The molecule has 0 aliphatic rings. The van der Waals surface area contributed by atoms with Crippen molar-refractivity contribution >= 4 is 33.1 Å². The quantitative estimate of drug-likeness (QED) is 0.758. The number of hydrogen-bond acceptors (Lipinski definition) is 6. The zero-order valence-corrected chi connectivity index (χ0v) is 10.7. The molecule has 0 saturated heterocycles. The molecule has 3 heterocycles. The number of aromatic amines is 1. The summed E-state index contributed by atoms with van der Waals surface area (Å²) in [5.74, 6) is 1.30. The molecule has 0 aliphatic heterocycles. The molecule has 3 rings (SSSR count). The second-order valence-corrected chi connectivity index (χ2v) is 5.70. The van der Waals surface area contributed by atoms with Crippen molar-refractivity contribution in [1.82, 2.24) is 20.3 Å². The summed E-state index contributed by atoms with van der Waals surface area (Å²) in [6.07, 6.45) is 0. The number of H-pyrrole nitrogens is 1. The summed E-state index contributed by atoms with van der Waals surface area (Å²) in [6, 6.07) is 5.50. The highest BCUT2D eigenvalue weighted by Gasteiger charge is 2.13. The van der Waals surface area contributed by atoms with Gasteiger partial charge in [-0.05, 0) is 28.1 Å². The number of thiophene rings is 1. The highest BCUT2D eigenvalue weighted by Crippen LogP contribution is 2.30. The molecule has 0 saturated carbocycles. The lowest BCUT2D eigenvalue weighted by Crippen LogP contribution is -1.81. The number of nitrogens with two attached hydrogens (primary N) is 1. The van der Waals surface area contributed by atoms with Crippen LogP contribution in [0.4, 0.5) is 5.82 Å². The van der Waals surface area contributed by atoms with Crippen LogP contribution >= 0.6 is 27.3 Å². The van der Waals surface area contributed by atoms with Crippen molar-refractivity contribution in [1.29, 1.82) is 0 Å². The van der Waals surface area contributed by atoms with E-state index in [4.69, 9.17) is 10.3 Å². The van der Waals surface area contributed by atoms with E-state index in [0.29, 0.717) is 23.2 Å². The number of rotatable bonds is 2. The predicted molar refractivity (Wildman–Crippen MR) is 67.3 cm³/mol. The van der Waals surface area contributed by atoms with E-state index in [1.165, 1.54) is 11.3 Å². The Bertz CT molecular complexity index is 603. The van der Waals surface area contributed by atoms with Crippen LogP contribution in [-0.4, -0.2) is 20.3 Å². The van der Waals surface area contributed by atoms with Gasteiger partial charge in [-0.1, -0.05) is 5.16 Å². The molecule has 0 aromatic carbocycles. The van der Waals surface area contributed by atoms with Crippen LogP contribution in [0.2, 0.25) is 0 Å². The molecule has 0 unspecified atom stereocenters. The third-order valence-electron chi connectivity index (χ3n) is 2.05. The zero-order chi connectivity index (χ0) is 11.8. The van der Waals surface area contributed by atoms with E-state index in [1.807, 2.05) is 12.1 Å². The Morgan fingerprint density at radius 1 is 1.41 bits per heavy atom.